The SMILES string of the molecule is CC(=N\O)/C(=N/O)c1cccs1. The molecule has 0 aromatic carbocycles. The molecule has 4 nitrogen and oxygen atoms in total. The van der Waals surface area contributed by atoms with Crippen molar-refractivity contribution < 1.29 is 10.4 Å². The summed E-state index contributed by atoms with van der Waals surface area (Å²) in [5.74, 6) is 0. The van der Waals surface area contributed by atoms with Crippen LogP contribution in [0.1, 0.15) is 11.8 Å². The number of nitrogens with zero attached hydrogens (tertiary/aromatic N) is 2. The van der Waals surface area contributed by atoms with Gasteiger partial charge in [-0.25, -0.2) is 0 Å². The fraction of sp³-hybridized carbons (Fsp3) is 0.143. The third-order valence-corrected chi connectivity index (χ3v) is 2.22. The van der Waals surface area contributed by atoms with Crippen LogP contribution in [0.3, 0.4) is 0 Å². The van der Waals surface area contributed by atoms with Gasteiger partial charge in [0.25, 0.3) is 0 Å². The molecule has 12 heavy (non-hydrogen) atoms. The van der Waals surface area contributed by atoms with E-state index in [9.17, 15) is 0 Å². The monoisotopic (exact) mass is 184 g/mol. The lowest BCUT2D eigenvalue weighted by atomic mass is 10.2. The molecule has 0 radical (unpaired) electrons. The van der Waals surface area contributed by atoms with Gasteiger partial charge in [-0.2, -0.15) is 0 Å². The topological polar surface area (TPSA) is 65.2 Å². The van der Waals surface area contributed by atoms with Gasteiger partial charge in [0, 0.05) is 0 Å². The molecule has 1 rings (SSSR count). The van der Waals surface area contributed by atoms with Crippen molar-refractivity contribution in [2.75, 3.05) is 0 Å². The lowest BCUT2D eigenvalue weighted by Crippen LogP contribution is -2.10. The highest BCUT2D eigenvalue weighted by Crippen LogP contribution is 2.10. The lowest BCUT2D eigenvalue weighted by Gasteiger charge is -1.96. The summed E-state index contributed by atoms with van der Waals surface area (Å²) in [5, 5.41) is 24.9. The summed E-state index contributed by atoms with van der Waals surface area (Å²) in [6.07, 6.45) is 0. The summed E-state index contributed by atoms with van der Waals surface area (Å²) >= 11 is 1.42. The van der Waals surface area contributed by atoms with E-state index in [2.05, 4.69) is 10.3 Å². The van der Waals surface area contributed by atoms with Crippen molar-refractivity contribution in [3.63, 3.8) is 0 Å². The average Bonchev–Trinajstić information content (AvgIpc) is 2.58. The maximum Gasteiger partial charge on any atom is 0.144 e. The van der Waals surface area contributed by atoms with Crippen LogP contribution in [0.15, 0.2) is 27.8 Å². The molecule has 1 heterocycles. The Morgan fingerprint density at radius 2 is 2.17 bits per heavy atom. The van der Waals surface area contributed by atoms with Gasteiger partial charge in [-0.15, -0.1) is 11.3 Å². The molecule has 0 aliphatic carbocycles. The smallest absolute Gasteiger partial charge is 0.144 e. The Kier molecular flexibility index (Phi) is 2.82. The van der Waals surface area contributed by atoms with Crippen molar-refractivity contribution in [1.29, 1.82) is 0 Å². The van der Waals surface area contributed by atoms with E-state index in [4.69, 9.17) is 10.4 Å². The highest BCUT2D eigenvalue weighted by Gasteiger charge is 2.08. The van der Waals surface area contributed by atoms with Gasteiger partial charge in [0.2, 0.25) is 0 Å². The number of thiophene rings is 1. The van der Waals surface area contributed by atoms with Crippen LogP contribution < -0.4 is 0 Å². The van der Waals surface area contributed by atoms with Gasteiger partial charge in [-0.1, -0.05) is 16.4 Å². The minimum absolute atomic E-state index is 0.292. The molecular weight excluding hydrogens is 176 g/mol. The second kappa shape index (κ2) is 3.87. The highest BCUT2D eigenvalue weighted by atomic mass is 32.1. The lowest BCUT2D eigenvalue weighted by molar-refractivity contribution is 0.314. The molecular formula is C7H8N2O2S. The summed E-state index contributed by atoms with van der Waals surface area (Å²) in [7, 11) is 0. The molecule has 0 amide bonds. The summed E-state index contributed by atoms with van der Waals surface area (Å²) in [4.78, 5) is 0.771. The number of hydrogen-bond acceptors (Lipinski definition) is 5. The Labute approximate surface area is 73.5 Å². The summed E-state index contributed by atoms with van der Waals surface area (Å²) in [5.41, 5.74) is 0.590. The van der Waals surface area contributed by atoms with E-state index < -0.39 is 0 Å². The van der Waals surface area contributed by atoms with Gasteiger partial charge in [-0.05, 0) is 18.4 Å². The van der Waals surface area contributed by atoms with Gasteiger partial charge in [0.05, 0.1) is 4.88 Å². The van der Waals surface area contributed by atoms with Crippen LogP contribution >= 0.6 is 11.3 Å². The van der Waals surface area contributed by atoms with E-state index in [-0.39, 0.29) is 0 Å². The molecule has 0 aliphatic heterocycles. The van der Waals surface area contributed by atoms with Crippen molar-refractivity contribution in [2.24, 2.45) is 10.3 Å². The van der Waals surface area contributed by atoms with E-state index in [0.29, 0.717) is 11.4 Å². The standard InChI is InChI=1S/C7H8N2O2S/c1-5(8-10)7(9-11)6-3-2-4-12-6/h2-4,10-11H,1H3/b8-5+,9-7-. The molecule has 0 saturated carbocycles. The van der Waals surface area contributed by atoms with Crippen LogP contribution in [0.25, 0.3) is 0 Å². The fourth-order valence-corrected chi connectivity index (χ4v) is 1.52. The second-order valence-electron chi connectivity index (χ2n) is 2.11. The molecule has 1 aromatic rings. The van der Waals surface area contributed by atoms with E-state index in [1.54, 1.807) is 13.0 Å². The molecule has 5 heteroatoms. The molecule has 0 fully saturated rings. The van der Waals surface area contributed by atoms with Gasteiger partial charge in [0.15, 0.2) is 0 Å². The minimum Gasteiger partial charge on any atom is -0.411 e. The maximum atomic E-state index is 8.60. The Morgan fingerprint density at radius 3 is 2.58 bits per heavy atom. The maximum absolute atomic E-state index is 8.60. The summed E-state index contributed by atoms with van der Waals surface area (Å²) in [6.45, 7) is 1.56. The molecule has 0 atom stereocenters. The zero-order chi connectivity index (χ0) is 8.97. The third kappa shape index (κ3) is 1.62. The first kappa shape index (κ1) is 8.73. The van der Waals surface area contributed by atoms with Crippen molar-refractivity contribution in [2.45, 2.75) is 6.92 Å². The van der Waals surface area contributed by atoms with E-state index in [1.165, 1.54) is 11.3 Å². The third-order valence-electron chi connectivity index (χ3n) is 1.35. The van der Waals surface area contributed by atoms with Gasteiger partial charge in [-0.3, -0.25) is 0 Å². The van der Waals surface area contributed by atoms with Crippen LogP contribution in [0, 0.1) is 0 Å². The molecule has 0 spiro atoms. The van der Waals surface area contributed by atoms with Crippen LogP contribution in [0.2, 0.25) is 0 Å². The Hall–Kier alpha value is -1.36. The van der Waals surface area contributed by atoms with Crippen molar-refractivity contribution in [1.82, 2.24) is 0 Å². The average molecular weight is 184 g/mol. The molecule has 0 aliphatic rings. The van der Waals surface area contributed by atoms with E-state index in [1.807, 2.05) is 11.4 Å². The first-order chi connectivity index (χ1) is 5.79. The highest BCUT2D eigenvalue weighted by molar-refractivity contribution is 7.13. The zero-order valence-corrected chi connectivity index (χ0v) is 7.25. The van der Waals surface area contributed by atoms with Gasteiger partial charge < -0.3 is 10.4 Å². The van der Waals surface area contributed by atoms with Gasteiger partial charge in [0.1, 0.15) is 11.4 Å². The van der Waals surface area contributed by atoms with E-state index >= 15 is 0 Å². The van der Waals surface area contributed by atoms with E-state index in [0.717, 1.165) is 4.88 Å². The molecule has 64 valence electrons. The number of hydrogen-bond donors (Lipinski definition) is 2. The van der Waals surface area contributed by atoms with Crippen molar-refractivity contribution in [3.05, 3.63) is 22.4 Å². The molecule has 0 unspecified atom stereocenters. The molecule has 0 saturated heterocycles. The second-order valence-corrected chi connectivity index (χ2v) is 3.06. The van der Waals surface area contributed by atoms with Crippen molar-refractivity contribution in [3.8, 4) is 0 Å². The first-order valence-corrected chi connectivity index (χ1v) is 4.12. The van der Waals surface area contributed by atoms with Crippen LogP contribution in [-0.2, 0) is 0 Å². The zero-order valence-electron chi connectivity index (χ0n) is 6.43. The number of oxime groups is 2. The van der Waals surface area contributed by atoms with Crippen LogP contribution in [0.4, 0.5) is 0 Å². The van der Waals surface area contributed by atoms with Gasteiger partial charge >= 0.3 is 0 Å². The minimum atomic E-state index is 0.292. The first-order valence-electron chi connectivity index (χ1n) is 3.24. The predicted molar refractivity (Wildman–Crippen MR) is 47.5 cm³/mol. The van der Waals surface area contributed by atoms with Crippen molar-refractivity contribution >= 4 is 22.8 Å². The molecule has 1 aromatic heterocycles. The molecule has 0 bridgehead atoms. The molecule has 2 N–H and O–H groups in total. The Morgan fingerprint density at radius 1 is 1.42 bits per heavy atom. The summed E-state index contributed by atoms with van der Waals surface area (Å²) < 4.78 is 0. The number of rotatable bonds is 2. The summed E-state index contributed by atoms with van der Waals surface area (Å²) in [6, 6.07) is 3.62. The normalized spacial score (nSPS) is 13.4. The fourth-order valence-electron chi connectivity index (χ4n) is 0.761. The Balaban J connectivity index is 3.01. The van der Waals surface area contributed by atoms with Crippen LogP contribution in [0.5, 0.6) is 0 Å². The largest absolute Gasteiger partial charge is 0.411 e. The Bertz CT molecular complexity index is 303. The predicted octanol–water partition coefficient (Wildman–Crippen LogP) is 1.78. The van der Waals surface area contributed by atoms with Crippen LogP contribution in [-0.4, -0.2) is 21.8 Å². The quantitative estimate of drug-likeness (QED) is 0.418.